The van der Waals surface area contributed by atoms with Gasteiger partial charge < -0.3 is 0 Å². The van der Waals surface area contributed by atoms with Gasteiger partial charge in [0.05, 0.1) is 23.5 Å². The van der Waals surface area contributed by atoms with Crippen molar-refractivity contribution in [2.45, 2.75) is 248 Å². The molecule has 123 heavy (non-hydrogen) atoms. The van der Waals surface area contributed by atoms with Crippen LogP contribution in [-0.2, 0) is 55.5 Å². The maximum Gasteiger partial charge on any atom is 0.168 e. The molecule has 626 valence electrons. The molecule has 0 atom stereocenters. The van der Waals surface area contributed by atoms with E-state index in [1.54, 1.807) is 22.3 Å². The molecule has 14 aromatic heterocycles. The fourth-order valence-electron chi connectivity index (χ4n) is 20.8. The minimum absolute atomic E-state index is 0.000493. The normalized spacial score (nSPS) is 13.8. The first kappa shape index (κ1) is 83.7. The lowest BCUT2D eigenvalue weighted by atomic mass is 9.71. The van der Waals surface area contributed by atoms with Crippen LogP contribution in [0.1, 0.15) is 226 Å². The van der Waals surface area contributed by atoms with Gasteiger partial charge >= 0.3 is 0 Å². The molecule has 14 heterocycles. The average molecular weight is 1770 g/mol. The van der Waals surface area contributed by atoms with Gasteiger partial charge in [-0.25, -0.2) is 27.4 Å². The molecule has 0 aliphatic heterocycles. The molecule has 0 spiro atoms. The van der Waals surface area contributed by atoms with Crippen molar-refractivity contribution >= 4 is 114 Å². The zero-order chi connectivity index (χ0) is 82.5. The number of fused-ring (bicyclic) bond motifs is 11. The number of pyridine rings is 6. The Morgan fingerprint density at radius 1 is 0.211 bits per heavy atom. The van der Waals surface area contributed by atoms with Crippen molar-refractivity contribution in [2.75, 3.05) is 0 Å². The fourth-order valence-corrected chi connectivity index (χ4v) is 29.6. The van der Waals surface area contributed by atoms with Crippen molar-refractivity contribution in [2.24, 2.45) is 0 Å². The minimum atomic E-state index is -0.157. The Labute approximate surface area is 759 Å². The van der Waals surface area contributed by atoms with Crippen molar-refractivity contribution < 1.29 is 27.4 Å². The Morgan fingerprint density at radius 3 is 0.642 bits per heavy atom. The van der Waals surface area contributed by atoms with E-state index in [4.69, 9.17) is 17.5 Å². The molecule has 18 heteroatoms. The molecule has 0 N–H and O–H groups in total. The quantitative estimate of drug-likeness (QED) is 0.0281. The van der Waals surface area contributed by atoms with E-state index in [1.807, 2.05) is 68.0 Å². The maximum atomic E-state index is 5.34. The smallest absolute Gasteiger partial charge is 0.168 e. The third-order valence-corrected chi connectivity index (χ3v) is 35.2. The number of aromatic nitrogens is 10. The monoisotopic (exact) mass is 1770 g/mol. The molecule has 0 fully saturated rings. The molecular formula is C105H114N10S8+6. The molecule has 0 radical (unpaired) electrons. The van der Waals surface area contributed by atoms with E-state index in [1.165, 1.54) is 285 Å². The van der Waals surface area contributed by atoms with Crippen molar-refractivity contribution in [3.8, 4) is 71.0 Å². The Bertz CT molecular complexity index is 5620. The van der Waals surface area contributed by atoms with Crippen LogP contribution in [0, 0.1) is 0 Å². The van der Waals surface area contributed by atoms with Gasteiger partial charge in [0.25, 0.3) is 0 Å². The van der Waals surface area contributed by atoms with Gasteiger partial charge in [-0.1, -0.05) is 138 Å². The first-order chi connectivity index (χ1) is 61.0. The van der Waals surface area contributed by atoms with Crippen LogP contribution < -0.4 is 27.4 Å². The second-order valence-corrected chi connectivity index (χ2v) is 42.0. The lowest BCUT2D eigenvalue weighted by molar-refractivity contribution is -0.697. The third kappa shape index (κ3) is 18.2. The van der Waals surface area contributed by atoms with Crippen LogP contribution in [0.15, 0.2) is 255 Å². The van der Waals surface area contributed by atoms with Gasteiger partial charge in [-0.05, 0) is 158 Å². The van der Waals surface area contributed by atoms with Gasteiger partial charge in [-0.15, -0.1) is 68.0 Å². The van der Waals surface area contributed by atoms with E-state index >= 15 is 0 Å². The predicted octanol–water partition coefficient (Wildman–Crippen LogP) is 27.2. The van der Waals surface area contributed by atoms with E-state index in [0.29, 0.717) is 0 Å². The first-order valence-corrected chi connectivity index (χ1v) is 52.4. The highest BCUT2D eigenvalue weighted by Crippen LogP contribution is 2.65. The van der Waals surface area contributed by atoms with Gasteiger partial charge in [0.15, 0.2) is 74.4 Å². The van der Waals surface area contributed by atoms with Crippen LogP contribution in [-0.4, -0.2) is 17.5 Å². The van der Waals surface area contributed by atoms with E-state index in [-0.39, 0.29) is 16.2 Å². The van der Waals surface area contributed by atoms with Crippen LogP contribution in [0.4, 0.5) is 0 Å². The number of hydrogen-bond acceptors (Lipinski definition) is 12. The summed E-state index contributed by atoms with van der Waals surface area (Å²) in [7, 11) is 0. The lowest BCUT2D eigenvalue weighted by Crippen LogP contribution is -2.32. The lowest BCUT2D eigenvalue weighted by Gasteiger charge is -2.31. The van der Waals surface area contributed by atoms with E-state index in [9.17, 15) is 0 Å². The predicted molar refractivity (Wildman–Crippen MR) is 514 cm³/mol. The Hall–Kier alpha value is -8.82. The van der Waals surface area contributed by atoms with Crippen LogP contribution in [0.2, 0.25) is 0 Å². The number of benzene rings is 2. The van der Waals surface area contributed by atoms with Crippen molar-refractivity contribution in [1.82, 2.24) is 17.5 Å². The summed E-state index contributed by atoms with van der Waals surface area (Å²) >= 11 is 14.8. The minimum Gasteiger partial charge on any atom is -0.205 e. The molecule has 19 rings (SSSR count). The molecule has 0 saturated carbocycles. The zero-order valence-electron chi connectivity index (χ0n) is 70.9. The number of thiophene rings is 6. The highest BCUT2D eigenvalue weighted by atomic mass is 32.1. The second kappa shape index (κ2) is 39.8. The van der Waals surface area contributed by atoms with Crippen LogP contribution in [0.5, 0.6) is 0 Å². The Kier molecular flexibility index (Phi) is 27.1. The van der Waals surface area contributed by atoms with Crippen LogP contribution in [0.3, 0.4) is 0 Å². The van der Waals surface area contributed by atoms with E-state index in [2.05, 4.69) is 282 Å². The summed E-state index contributed by atoms with van der Waals surface area (Å²) in [6.07, 6.45) is 62.8. The Balaban J connectivity index is 0.641. The second-order valence-electron chi connectivity index (χ2n) is 34.9. The van der Waals surface area contributed by atoms with Gasteiger partial charge in [-0.3, -0.25) is 0 Å². The summed E-state index contributed by atoms with van der Waals surface area (Å²) in [4.78, 5) is 14.1. The molecule has 0 unspecified atom stereocenters. The van der Waals surface area contributed by atoms with Crippen LogP contribution in [0.25, 0.3) is 93.1 Å². The van der Waals surface area contributed by atoms with Crippen molar-refractivity contribution in [3.05, 3.63) is 288 Å². The van der Waals surface area contributed by atoms with Gasteiger partial charge in [0, 0.05) is 199 Å². The van der Waals surface area contributed by atoms with Gasteiger partial charge in [-0.2, -0.15) is 17.5 Å². The molecule has 0 bridgehead atoms. The standard InChI is InChI=1S/C105H114N10S8/c1(7-25-55-110-61-31-13-32-62-110)19-49-103(50-20-2-8-26-56-111-63-33-14-34-64-111)83-47-73-116-97(83)99-85(103)75-89(118-99)79-43-45-81(95-93(79)106-122-108-95)91-77-87-101(120-91)102-88(105(87,53-23-5-11-29-59-114-69-39-17-40-70-114)54-24-6-12-30-60-115-71-41-18-42-72-115)78-92(121-102)82-46-44-80(94-96(82)109-123-107-94)90-76-86-100(119-90)98-84(48-74-117-98)104(86,51-21-3-9-27-57-112-65-35-15-36-66-112)52-22-4-10-28-58-113-67-37-16-38-68-113/h13-18,31-48,61-78H,1-12,19-30,49-60H2/q+6. The summed E-state index contributed by atoms with van der Waals surface area (Å²) in [6, 6.07) is 63.9. The fraction of sp³-hybridized carbons (Fsp3) is 0.371. The number of aryl methyl sites for hydroxylation is 6. The summed E-state index contributed by atoms with van der Waals surface area (Å²) in [5, 5.41) is 4.77. The van der Waals surface area contributed by atoms with Gasteiger partial charge in [0.2, 0.25) is 0 Å². The molecular weight excluding hydrogens is 1660 g/mol. The summed E-state index contributed by atoms with van der Waals surface area (Å²) in [5.41, 5.74) is 18.2. The third-order valence-electron chi connectivity index (χ3n) is 27.1. The van der Waals surface area contributed by atoms with E-state index in [0.717, 1.165) is 74.2 Å². The topological polar surface area (TPSA) is 74.8 Å². The number of nitrogens with zero attached hydrogens (tertiary/aromatic N) is 10. The molecule has 3 aliphatic carbocycles. The zero-order valence-corrected chi connectivity index (χ0v) is 77.5. The number of rotatable bonds is 46. The SMILES string of the molecule is c1cc[n+](CCCCCCC2(CCCCCC[n+]3ccccc3)c3ccsc3-c3sc(-c4ccc(-c5cc6c(s5)-c5sc(-c7ccc(-c8cc9c(s8)-c8sccc8C9(CCCCCC[n+]8ccccc8)CCCCCC[n+]8ccccc8)c8nsnc78)cc5C6(CCCCCC[n+]5ccccc5)CCCCCC[n+]5ccccc5)c5nsnc45)cc32)cc1. The van der Waals surface area contributed by atoms with Crippen molar-refractivity contribution in [1.29, 1.82) is 0 Å². The maximum absolute atomic E-state index is 5.34. The Morgan fingerprint density at radius 2 is 0.415 bits per heavy atom. The average Bonchev–Trinajstić information content (AvgIpc) is 1.54. The van der Waals surface area contributed by atoms with Crippen LogP contribution >= 0.6 is 91.5 Å². The summed E-state index contributed by atoms with van der Waals surface area (Å²) in [6.45, 7) is 6.40. The summed E-state index contributed by atoms with van der Waals surface area (Å²) in [5.74, 6) is 0. The van der Waals surface area contributed by atoms with Crippen molar-refractivity contribution in [3.63, 3.8) is 0 Å². The number of hydrogen-bond donors (Lipinski definition) is 0. The van der Waals surface area contributed by atoms with Gasteiger partial charge in [0.1, 0.15) is 61.3 Å². The molecule has 2 aromatic carbocycles. The molecule has 0 amide bonds. The molecule has 10 nitrogen and oxygen atoms in total. The first-order valence-electron chi connectivity index (χ1n) is 45.9. The highest BCUT2D eigenvalue weighted by molar-refractivity contribution is 7.26. The summed E-state index contributed by atoms with van der Waals surface area (Å²) < 4.78 is 35.4. The number of unbranched alkanes of at least 4 members (excludes halogenated alkanes) is 18. The highest BCUT2D eigenvalue weighted by Gasteiger charge is 2.49. The van der Waals surface area contributed by atoms with E-state index < -0.39 is 0 Å². The largest absolute Gasteiger partial charge is 0.205 e. The molecule has 3 aliphatic rings. The molecule has 16 aromatic rings. The molecule has 0 saturated heterocycles.